The average molecular weight is 383 g/mol. The predicted molar refractivity (Wildman–Crippen MR) is 109 cm³/mol. The molecule has 2 aromatic rings. The van der Waals surface area contributed by atoms with Crippen molar-refractivity contribution >= 4 is 24.8 Å². The van der Waals surface area contributed by atoms with Crippen molar-refractivity contribution in [3.05, 3.63) is 65.2 Å². The number of hydrogen-bond donors (Lipinski definition) is 0. The Kier molecular flexibility index (Phi) is 8.23. The topological polar surface area (TPSA) is 15.7 Å². The average Bonchev–Trinajstić information content (AvgIpc) is 2.54. The summed E-state index contributed by atoms with van der Waals surface area (Å²) < 4.78 is 6.03. The Hall–Kier alpha value is -1.26. The van der Waals surface area contributed by atoms with Gasteiger partial charge in [0.2, 0.25) is 0 Å². The molecule has 0 N–H and O–H groups in total. The van der Waals surface area contributed by atoms with E-state index in [0.717, 1.165) is 18.8 Å². The predicted octanol–water partition coefficient (Wildman–Crippen LogP) is 4.39. The van der Waals surface area contributed by atoms with Crippen molar-refractivity contribution in [2.45, 2.75) is 25.6 Å². The highest BCUT2D eigenvalue weighted by atomic mass is 35.5. The summed E-state index contributed by atoms with van der Waals surface area (Å²) in [7, 11) is 6.25. The fourth-order valence-corrected chi connectivity index (χ4v) is 3.17. The maximum absolute atomic E-state index is 6.03. The van der Waals surface area contributed by atoms with E-state index in [1.807, 2.05) is 14.1 Å². The van der Waals surface area contributed by atoms with Crippen LogP contribution in [0, 0.1) is 0 Å². The molecule has 0 amide bonds. The van der Waals surface area contributed by atoms with Crippen molar-refractivity contribution in [2.75, 3.05) is 27.7 Å². The Labute approximate surface area is 163 Å². The van der Waals surface area contributed by atoms with Crippen molar-refractivity contribution in [1.82, 2.24) is 9.80 Å². The van der Waals surface area contributed by atoms with Gasteiger partial charge in [-0.25, -0.2) is 0 Å². The molecule has 0 radical (unpaired) electrons. The van der Waals surface area contributed by atoms with Crippen molar-refractivity contribution < 1.29 is 4.74 Å². The van der Waals surface area contributed by atoms with Gasteiger partial charge in [0.25, 0.3) is 0 Å². The molecule has 1 aliphatic rings. The van der Waals surface area contributed by atoms with E-state index in [2.05, 4.69) is 72.3 Å². The Balaban J connectivity index is 0.00000156. The minimum Gasteiger partial charge on any atom is -0.475 e. The van der Waals surface area contributed by atoms with E-state index in [0.29, 0.717) is 5.92 Å². The molecule has 2 atom stereocenters. The van der Waals surface area contributed by atoms with Crippen molar-refractivity contribution in [2.24, 2.45) is 0 Å². The van der Waals surface area contributed by atoms with E-state index in [-0.39, 0.29) is 31.0 Å². The van der Waals surface area contributed by atoms with Crippen LogP contribution in [0.4, 0.5) is 0 Å². The third kappa shape index (κ3) is 5.11. The number of fused-ring (bicyclic) bond motifs is 1. The minimum atomic E-state index is 0. The Morgan fingerprint density at radius 3 is 2.40 bits per heavy atom. The molecular weight excluding hydrogens is 355 g/mol. The van der Waals surface area contributed by atoms with Crippen LogP contribution in [-0.4, -0.2) is 43.7 Å². The second-order valence-corrected chi connectivity index (χ2v) is 6.70. The maximum atomic E-state index is 6.03. The first kappa shape index (κ1) is 21.8. The molecule has 3 nitrogen and oxygen atoms in total. The lowest BCUT2D eigenvalue weighted by Gasteiger charge is -2.33. The van der Waals surface area contributed by atoms with Gasteiger partial charge in [0, 0.05) is 19.0 Å². The van der Waals surface area contributed by atoms with Crippen LogP contribution in [0.15, 0.2) is 48.5 Å². The molecule has 1 heterocycles. The standard InChI is InChI=1S/C20H26N2O.2ClH/c1-15(21(2)3)23-18-10-11-19-17(12-18)13-22(4)14-20(19)16-8-6-5-7-9-16;;/h5-12,15,20H,13-14H2,1-4H3;2*1H. The minimum absolute atomic E-state index is 0. The first-order valence-corrected chi connectivity index (χ1v) is 8.24. The molecule has 2 aromatic carbocycles. The monoisotopic (exact) mass is 382 g/mol. The van der Waals surface area contributed by atoms with Gasteiger partial charge in [-0.1, -0.05) is 36.4 Å². The summed E-state index contributed by atoms with van der Waals surface area (Å²) in [4.78, 5) is 4.46. The fourth-order valence-electron chi connectivity index (χ4n) is 3.17. The van der Waals surface area contributed by atoms with Crippen LogP contribution in [0.2, 0.25) is 0 Å². The highest BCUT2D eigenvalue weighted by molar-refractivity contribution is 5.85. The molecule has 0 bridgehead atoms. The molecule has 0 aliphatic carbocycles. The Bertz CT molecular complexity index is 664. The second-order valence-electron chi connectivity index (χ2n) is 6.70. The molecule has 25 heavy (non-hydrogen) atoms. The zero-order valence-electron chi connectivity index (χ0n) is 15.3. The molecule has 2 unspecified atom stereocenters. The molecule has 5 heteroatoms. The van der Waals surface area contributed by atoms with Crippen molar-refractivity contribution in [3.8, 4) is 5.75 Å². The Morgan fingerprint density at radius 1 is 1.08 bits per heavy atom. The number of benzene rings is 2. The van der Waals surface area contributed by atoms with E-state index in [4.69, 9.17) is 4.74 Å². The summed E-state index contributed by atoms with van der Waals surface area (Å²) in [5.41, 5.74) is 4.19. The number of nitrogens with zero attached hydrogens (tertiary/aromatic N) is 2. The summed E-state index contributed by atoms with van der Waals surface area (Å²) >= 11 is 0. The zero-order chi connectivity index (χ0) is 16.4. The van der Waals surface area contributed by atoms with Crippen LogP contribution >= 0.6 is 24.8 Å². The second kappa shape index (κ2) is 9.44. The Morgan fingerprint density at radius 2 is 1.76 bits per heavy atom. The summed E-state index contributed by atoms with van der Waals surface area (Å²) in [6.45, 7) is 4.11. The van der Waals surface area contributed by atoms with Crippen LogP contribution in [0.1, 0.15) is 29.5 Å². The van der Waals surface area contributed by atoms with Gasteiger partial charge in [0.15, 0.2) is 0 Å². The highest BCUT2D eigenvalue weighted by Crippen LogP contribution is 2.34. The van der Waals surface area contributed by atoms with Gasteiger partial charge in [-0.2, -0.15) is 0 Å². The molecule has 3 rings (SSSR count). The summed E-state index contributed by atoms with van der Waals surface area (Å²) in [6.07, 6.45) is 0.0688. The van der Waals surface area contributed by atoms with E-state index in [9.17, 15) is 0 Å². The largest absolute Gasteiger partial charge is 0.475 e. The molecule has 0 aromatic heterocycles. The van der Waals surface area contributed by atoms with Gasteiger partial charge in [-0.05, 0) is 56.9 Å². The normalized spacial score (nSPS) is 17.9. The number of likely N-dealkylation sites (N-methyl/N-ethyl adjacent to an activating group) is 1. The lowest BCUT2D eigenvalue weighted by Crippen LogP contribution is -2.32. The molecule has 0 saturated carbocycles. The zero-order valence-corrected chi connectivity index (χ0v) is 16.9. The van der Waals surface area contributed by atoms with Crippen LogP contribution in [0.25, 0.3) is 0 Å². The van der Waals surface area contributed by atoms with Crippen molar-refractivity contribution in [1.29, 1.82) is 0 Å². The first-order valence-electron chi connectivity index (χ1n) is 8.24. The van der Waals surface area contributed by atoms with Gasteiger partial charge in [0.05, 0.1) is 0 Å². The number of rotatable bonds is 4. The molecule has 0 spiro atoms. The molecule has 0 fully saturated rings. The maximum Gasteiger partial charge on any atom is 0.149 e. The molecule has 138 valence electrons. The first-order chi connectivity index (χ1) is 11.0. The number of halogens is 2. The number of hydrogen-bond acceptors (Lipinski definition) is 3. The van der Waals surface area contributed by atoms with Gasteiger partial charge in [-0.15, -0.1) is 24.8 Å². The molecule has 0 saturated heterocycles. The SMILES string of the molecule is CC(Oc1ccc2c(c1)CN(C)CC2c1ccccc1)N(C)C.Cl.Cl. The van der Waals surface area contributed by atoms with Crippen LogP contribution < -0.4 is 4.74 Å². The third-order valence-electron chi connectivity index (χ3n) is 4.66. The van der Waals surface area contributed by atoms with Crippen LogP contribution in [0.3, 0.4) is 0 Å². The van der Waals surface area contributed by atoms with E-state index in [1.165, 1.54) is 16.7 Å². The van der Waals surface area contributed by atoms with Gasteiger partial charge in [-0.3, -0.25) is 4.90 Å². The lowest BCUT2D eigenvalue weighted by atomic mass is 9.85. The summed E-state index contributed by atoms with van der Waals surface area (Å²) in [5, 5.41) is 0. The van der Waals surface area contributed by atoms with Gasteiger partial charge in [0.1, 0.15) is 12.0 Å². The van der Waals surface area contributed by atoms with Crippen LogP contribution in [-0.2, 0) is 6.54 Å². The summed E-state index contributed by atoms with van der Waals surface area (Å²) in [5.74, 6) is 1.39. The van der Waals surface area contributed by atoms with E-state index < -0.39 is 0 Å². The van der Waals surface area contributed by atoms with Crippen molar-refractivity contribution in [3.63, 3.8) is 0 Å². The highest BCUT2D eigenvalue weighted by Gasteiger charge is 2.25. The molecule has 1 aliphatic heterocycles. The lowest BCUT2D eigenvalue weighted by molar-refractivity contribution is 0.0813. The molecular formula is C20H28Cl2N2O. The fraction of sp³-hybridized carbons (Fsp3) is 0.400. The third-order valence-corrected chi connectivity index (χ3v) is 4.66. The summed E-state index contributed by atoms with van der Waals surface area (Å²) in [6, 6.07) is 17.4. The van der Waals surface area contributed by atoms with E-state index in [1.54, 1.807) is 0 Å². The quantitative estimate of drug-likeness (QED) is 0.729. The van der Waals surface area contributed by atoms with Gasteiger partial charge < -0.3 is 9.64 Å². The van der Waals surface area contributed by atoms with Crippen LogP contribution in [0.5, 0.6) is 5.75 Å². The smallest absolute Gasteiger partial charge is 0.149 e. The van der Waals surface area contributed by atoms with Gasteiger partial charge >= 0.3 is 0 Å². The van der Waals surface area contributed by atoms with E-state index >= 15 is 0 Å². The number of ether oxygens (including phenoxy) is 1.